The van der Waals surface area contributed by atoms with Crippen LogP contribution < -0.4 is 0 Å². The molecule has 0 aromatic carbocycles. The highest BCUT2D eigenvalue weighted by Gasteiger charge is 2.66. The summed E-state index contributed by atoms with van der Waals surface area (Å²) in [5, 5.41) is 0. The van der Waals surface area contributed by atoms with Crippen LogP contribution in [0.25, 0.3) is 0 Å². The highest BCUT2D eigenvalue weighted by atomic mass is 35.5. The molecular weight excluding hydrogens is 199 g/mol. The van der Waals surface area contributed by atoms with Gasteiger partial charge in [-0.05, 0) is 6.92 Å². The van der Waals surface area contributed by atoms with Gasteiger partial charge >= 0.3 is 5.97 Å². The fourth-order valence-electron chi connectivity index (χ4n) is 1.23. The van der Waals surface area contributed by atoms with Gasteiger partial charge in [-0.2, -0.15) is 0 Å². The fraction of sp³-hybridized carbons (Fsp3) is 0.625. The van der Waals surface area contributed by atoms with Crippen LogP contribution in [0.2, 0.25) is 0 Å². The van der Waals surface area contributed by atoms with Crippen molar-refractivity contribution >= 4 is 29.2 Å². The molecule has 0 heterocycles. The molecule has 2 nitrogen and oxygen atoms in total. The Labute approximate surface area is 81.5 Å². The van der Waals surface area contributed by atoms with Gasteiger partial charge in [0.25, 0.3) is 0 Å². The molecule has 1 aliphatic rings. The zero-order chi connectivity index (χ0) is 9.35. The second-order valence-corrected chi connectivity index (χ2v) is 4.17. The van der Waals surface area contributed by atoms with E-state index >= 15 is 0 Å². The molecule has 1 fully saturated rings. The molecule has 2 atom stereocenters. The number of hydrogen-bond acceptors (Lipinski definition) is 2. The summed E-state index contributed by atoms with van der Waals surface area (Å²) in [5.74, 6) is -0.844. The lowest BCUT2D eigenvalue weighted by Gasteiger charge is -1.95. The Morgan fingerprint density at radius 2 is 2.17 bits per heavy atom. The lowest BCUT2D eigenvalue weighted by atomic mass is 10.3. The molecule has 0 radical (unpaired) electrons. The van der Waals surface area contributed by atoms with E-state index in [1.54, 1.807) is 0 Å². The van der Waals surface area contributed by atoms with Crippen LogP contribution in [0.3, 0.4) is 0 Å². The number of ether oxygens (including phenoxy) is 1. The largest absolute Gasteiger partial charge is 0.469 e. The molecule has 0 N–H and O–H groups in total. The van der Waals surface area contributed by atoms with Crippen LogP contribution in [-0.2, 0) is 9.53 Å². The number of esters is 1. The number of carbonyl (C=O) groups is 1. The van der Waals surface area contributed by atoms with Gasteiger partial charge in [-0.25, -0.2) is 0 Å². The number of hydrogen-bond donors (Lipinski definition) is 0. The Morgan fingerprint density at radius 1 is 1.58 bits per heavy atom. The second-order valence-electron chi connectivity index (χ2n) is 2.73. The highest BCUT2D eigenvalue weighted by molar-refractivity contribution is 6.52. The number of halogens is 2. The number of carbonyl (C=O) groups excluding carboxylic acids is 1. The molecule has 4 heteroatoms. The van der Waals surface area contributed by atoms with E-state index in [0.717, 1.165) is 0 Å². The first-order valence-corrected chi connectivity index (χ1v) is 4.39. The minimum absolute atomic E-state index is 0.0988. The van der Waals surface area contributed by atoms with E-state index in [-0.39, 0.29) is 11.9 Å². The number of allylic oxidation sites excluding steroid dienone is 2. The van der Waals surface area contributed by atoms with Gasteiger partial charge in [-0.3, -0.25) is 4.79 Å². The monoisotopic (exact) mass is 208 g/mol. The van der Waals surface area contributed by atoms with E-state index in [1.807, 2.05) is 19.1 Å². The Morgan fingerprint density at radius 3 is 2.58 bits per heavy atom. The molecule has 0 saturated heterocycles. The van der Waals surface area contributed by atoms with Crippen molar-refractivity contribution < 1.29 is 9.53 Å². The van der Waals surface area contributed by atoms with E-state index < -0.39 is 10.3 Å². The van der Waals surface area contributed by atoms with Crippen molar-refractivity contribution in [2.75, 3.05) is 7.11 Å². The van der Waals surface area contributed by atoms with Gasteiger partial charge in [-0.1, -0.05) is 35.4 Å². The summed E-state index contributed by atoms with van der Waals surface area (Å²) in [5.41, 5.74) is 0. The van der Waals surface area contributed by atoms with E-state index in [4.69, 9.17) is 23.2 Å². The third-order valence-electron chi connectivity index (χ3n) is 1.96. The highest BCUT2D eigenvalue weighted by Crippen LogP contribution is 2.60. The molecule has 0 amide bonds. The molecule has 12 heavy (non-hydrogen) atoms. The average Bonchev–Trinajstić information content (AvgIpc) is 2.53. The number of alkyl halides is 2. The third-order valence-corrected chi connectivity index (χ3v) is 2.94. The zero-order valence-electron chi connectivity index (χ0n) is 6.88. The predicted molar refractivity (Wildman–Crippen MR) is 48.2 cm³/mol. The maximum absolute atomic E-state index is 11.0. The summed E-state index contributed by atoms with van der Waals surface area (Å²) in [7, 11) is 1.33. The van der Waals surface area contributed by atoms with Gasteiger partial charge in [0, 0.05) is 5.92 Å². The zero-order valence-corrected chi connectivity index (χ0v) is 8.39. The molecular formula is C8H10Cl2O2. The standard InChI is InChI=1S/C8H10Cl2O2/c1-3-4-5-6(7(11)12-2)8(5,9)10/h3-6H,1-2H3. The summed E-state index contributed by atoms with van der Waals surface area (Å²) in [6, 6.07) is 0. The van der Waals surface area contributed by atoms with E-state index in [2.05, 4.69) is 4.74 Å². The molecule has 1 rings (SSSR count). The summed E-state index contributed by atoms with van der Waals surface area (Å²) >= 11 is 11.7. The van der Waals surface area contributed by atoms with Crippen molar-refractivity contribution in [1.82, 2.24) is 0 Å². The minimum atomic E-state index is -0.959. The number of rotatable bonds is 2. The van der Waals surface area contributed by atoms with E-state index in [1.165, 1.54) is 7.11 Å². The molecule has 1 aliphatic carbocycles. The smallest absolute Gasteiger partial charge is 0.312 e. The van der Waals surface area contributed by atoms with Crippen LogP contribution in [0.4, 0.5) is 0 Å². The molecule has 1 saturated carbocycles. The van der Waals surface area contributed by atoms with Crippen molar-refractivity contribution in [3.63, 3.8) is 0 Å². The molecule has 0 bridgehead atoms. The minimum Gasteiger partial charge on any atom is -0.469 e. The van der Waals surface area contributed by atoms with Gasteiger partial charge in [0.2, 0.25) is 0 Å². The maximum atomic E-state index is 11.0. The molecule has 2 unspecified atom stereocenters. The quantitative estimate of drug-likeness (QED) is 0.395. The van der Waals surface area contributed by atoms with Crippen molar-refractivity contribution in [3.05, 3.63) is 12.2 Å². The van der Waals surface area contributed by atoms with Crippen LogP contribution in [0.1, 0.15) is 6.92 Å². The summed E-state index contributed by atoms with van der Waals surface area (Å²) in [4.78, 5) is 11.0. The van der Waals surface area contributed by atoms with Crippen LogP contribution in [-0.4, -0.2) is 17.4 Å². The molecule has 0 aromatic heterocycles. The normalized spacial score (nSPS) is 32.0. The fourth-order valence-corrected chi connectivity index (χ4v) is 1.95. The van der Waals surface area contributed by atoms with Crippen molar-refractivity contribution in [2.45, 2.75) is 11.3 Å². The van der Waals surface area contributed by atoms with Crippen LogP contribution >= 0.6 is 23.2 Å². The first kappa shape index (κ1) is 9.87. The van der Waals surface area contributed by atoms with Gasteiger partial charge in [0.15, 0.2) is 0 Å². The van der Waals surface area contributed by atoms with Crippen molar-refractivity contribution in [1.29, 1.82) is 0 Å². The Bertz CT molecular complexity index is 223. The average molecular weight is 209 g/mol. The van der Waals surface area contributed by atoms with Crippen LogP contribution in [0.5, 0.6) is 0 Å². The van der Waals surface area contributed by atoms with Crippen LogP contribution in [0, 0.1) is 11.8 Å². The SMILES string of the molecule is CC=CC1C(C(=O)OC)C1(Cl)Cl. The van der Waals surface area contributed by atoms with E-state index in [9.17, 15) is 4.79 Å². The first-order valence-electron chi connectivity index (χ1n) is 3.64. The predicted octanol–water partition coefficient (Wildman–Crippen LogP) is 2.16. The Balaban J connectivity index is 2.66. The molecule has 0 aliphatic heterocycles. The number of methoxy groups -OCH3 is 1. The van der Waals surface area contributed by atoms with E-state index in [0.29, 0.717) is 0 Å². The van der Waals surface area contributed by atoms with Gasteiger partial charge in [0.1, 0.15) is 4.33 Å². The molecule has 0 spiro atoms. The Hall–Kier alpha value is -0.210. The lowest BCUT2D eigenvalue weighted by molar-refractivity contribution is -0.142. The first-order chi connectivity index (χ1) is 5.55. The van der Waals surface area contributed by atoms with Crippen molar-refractivity contribution in [3.8, 4) is 0 Å². The van der Waals surface area contributed by atoms with Crippen molar-refractivity contribution in [2.24, 2.45) is 11.8 Å². The van der Waals surface area contributed by atoms with Gasteiger partial charge in [0.05, 0.1) is 13.0 Å². The topological polar surface area (TPSA) is 26.3 Å². The third kappa shape index (κ3) is 1.46. The summed E-state index contributed by atoms with van der Waals surface area (Å²) in [6.07, 6.45) is 3.65. The second kappa shape index (κ2) is 3.27. The van der Waals surface area contributed by atoms with Crippen LogP contribution in [0.15, 0.2) is 12.2 Å². The lowest BCUT2D eigenvalue weighted by Crippen LogP contribution is -2.07. The van der Waals surface area contributed by atoms with Gasteiger partial charge in [-0.15, -0.1) is 0 Å². The Kier molecular flexibility index (Phi) is 2.69. The summed E-state index contributed by atoms with van der Waals surface area (Å²) < 4.78 is 3.59. The molecule has 68 valence electrons. The van der Waals surface area contributed by atoms with Gasteiger partial charge < -0.3 is 4.74 Å². The maximum Gasteiger partial charge on any atom is 0.312 e. The molecule has 0 aromatic rings. The summed E-state index contributed by atoms with van der Waals surface area (Å²) in [6.45, 7) is 1.86.